The topological polar surface area (TPSA) is 53.7 Å². The van der Waals surface area contributed by atoms with Crippen molar-refractivity contribution in [3.63, 3.8) is 0 Å². The Morgan fingerprint density at radius 3 is 1.78 bits per heavy atom. The Labute approximate surface area is 111 Å². The molecule has 1 aromatic rings. The minimum atomic E-state index is -2.19. The van der Waals surface area contributed by atoms with Gasteiger partial charge in [-0.1, -0.05) is 19.1 Å². The molecule has 5 heteroatoms. The summed E-state index contributed by atoms with van der Waals surface area (Å²) in [4.78, 5) is 0. The van der Waals surface area contributed by atoms with Gasteiger partial charge in [0.15, 0.2) is 0 Å². The molecular weight excluding hydrogens is 246 g/mol. The van der Waals surface area contributed by atoms with Gasteiger partial charge in [-0.3, -0.25) is 0 Å². The molecule has 0 atom stereocenters. The van der Waals surface area contributed by atoms with Crippen molar-refractivity contribution in [2.24, 2.45) is 0 Å². The van der Waals surface area contributed by atoms with Gasteiger partial charge < -0.3 is 19.0 Å². The molecule has 0 saturated carbocycles. The third-order valence-corrected chi connectivity index (χ3v) is 5.74. The quantitative estimate of drug-likeness (QED) is 0.676. The third-order valence-electron chi connectivity index (χ3n) is 3.01. The summed E-state index contributed by atoms with van der Waals surface area (Å²) in [6, 6.07) is 6.77. The first-order valence-corrected chi connectivity index (χ1v) is 7.86. The molecule has 0 spiro atoms. The second kappa shape index (κ2) is 8.26. The van der Waals surface area contributed by atoms with Crippen LogP contribution in [0.25, 0.3) is 0 Å². The SMILES string of the molecule is CC[Si](OC)(OC)OC.Cc1cccc(N)c1C. The van der Waals surface area contributed by atoms with Crippen LogP contribution in [0.1, 0.15) is 18.1 Å². The van der Waals surface area contributed by atoms with Gasteiger partial charge >= 0.3 is 8.80 Å². The van der Waals surface area contributed by atoms with Crippen LogP contribution >= 0.6 is 0 Å². The number of hydrogen-bond donors (Lipinski definition) is 1. The molecule has 0 bridgehead atoms. The average Bonchev–Trinajstić information content (AvgIpc) is 2.40. The van der Waals surface area contributed by atoms with Gasteiger partial charge in [0.05, 0.1) is 0 Å². The zero-order valence-corrected chi connectivity index (χ0v) is 13.2. The van der Waals surface area contributed by atoms with Crippen molar-refractivity contribution < 1.29 is 13.3 Å². The van der Waals surface area contributed by atoms with E-state index in [2.05, 4.69) is 13.0 Å². The van der Waals surface area contributed by atoms with Gasteiger partial charge in [0.1, 0.15) is 0 Å². The highest BCUT2D eigenvalue weighted by atomic mass is 28.4. The summed E-state index contributed by atoms with van der Waals surface area (Å²) in [6.45, 7) is 6.08. The molecular formula is C13H25NO3Si. The average molecular weight is 271 g/mol. The Kier molecular flexibility index (Phi) is 7.85. The van der Waals surface area contributed by atoms with Crippen LogP contribution in [-0.4, -0.2) is 30.1 Å². The van der Waals surface area contributed by atoms with Gasteiger partial charge in [-0.2, -0.15) is 0 Å². The fourth-order valence-electron chi connectivity index (χ4n) is 1.46. The zero-order valence-electron chi connectivity index (χ0n) is 12.2. The second-order valence-corrected chi connectivity index (χ2v) is 7.24. The summed E-state index contributed by atoms with van der Waals surface area (Å²) >= 11 is 0. The molecule has 0 aliphatic carbocycles. The third kappa shape index (κ3) is 4.78. The van der Waals surface area contributed by atoms with Crippen molar-refractivity contribution in [3.05, 3.63) is 29.3 Å². The zero-order chi connectivity index (χ0) is 14.2. The van der Waals surface area contributed by atoms with Crippen molar-refractivity contribution in [2.45, 2.75) is 26.8 Å². The van der Waals surface area contributed by atoms with Crippen LogP contribution in [0.15, 0.2) is 18.2 Å². The van der Waals surface area contributed by atoms with Crippen LogP contribution in [0, 0.1) is 13.8 Å². The van der Waals surface area contributed by atoms with E-state index in [-0.39, 0.29) is 0 Å². The van der Waals surface area contributed by atoms with E-state index in [1.807, 2.05) is 26.0 Å². The number of nitrogen functional groups attached to an aromatic ring is 1. The maximum atomic E-state index is 5.62. The van der Waals surface area contributed by atoms with Crippen molar-refractivity contribution in [3.8, 4) is 0 Å². The van der Waals surface area contributed by atoms with E-state index in [9.17, 15) is 0 Å². The second-order valence-electron chi connectivity index (χ2n) is 3.94. The summed E-state index contributed by atoms with van der Waals surface area (Å²) in [7, 11) is 2.65. The van der Waals surface area contributed by atoms with Crippen molar-refractivity contribution in [1.29, 1.82) is 0 Å². The van der Waals surface area contributed by atoms with E-state index < -0.39 is 8.80 Å². The van der Waals surface area contributed by atoms with Crippen LogP contribution in [-0.2, 0) is 13.3 Å². The fourth-order valence-corrected chi connectivity index (χ4v) is 2.82. The first-order valence-electron chi connectivity index (χ1n) is 5.93. The fraction of sp³-hybridized carbons (Fsp3) is 0.538. The summed E-state index contributed by atoms with van der Waals surface area (Å²) in [5.41, 5.74) is 8.96. The summed E-state index contributed by atoms with van der Waals surface area (Å²) in [5, 5.41) is 0. The highest BCUT2D eigenvalue weighted by molar-refractivity contribution is 6.60. The molecule has 0 aromatic heterocycles. The highest BCUT2D eigenvalue weighted by Crippen LogP contribution is 2.13. The summed E-state index contributed by atoms with van der Waals surface area (Å²) < 4.78 is 15.2. The molecule has 0 fully saturated rings. The van der Waals surface area contributed by atoms with Crippen LogP contribution in [0.2, 0.25) is 6.04 Å². The first-order chi connectivity index (χ1) is 8.46. The first kappa shape index (κ1) is 17.1. The van der Waals surface area contributed by atoms with E-state index in [0.717, 1.165) is 11.7 Å². The minimum absolute atomic E-state index is 0.816. The lowest BCUT2D eigenvalue weighted by Crippen LogP contribution is -2.41. The van der Waals surface area contributed by atoms with E-state index in [0.29, 0.717) is 0 Å². The number of aryl methyl sites for hydroxylation is 1. The molecule has 0 aliphatic rings. The number of nitrogens with two attached hydrogens (primary N) is 1. The standard InChI is InChI=1S/C8H11N.C5H14O3Si/c1-6-4-3-5-8(9)7(6)2;1-5-9(6-2,7-3)8-4/h3-5H,9H2,1-2H3;5H2,1-4H3. The van der Waals surface area contributed by atoms with Crippen LogP contribution in [0.4, 0.5) is 5.69 Å². The molecule has 1 rings (SSSR count). The van der Waals surface area contributed by atoms with E-state index in [1.165, 1.54) is 11.1 Å². The minimum Gasteiger partial charge on any atom is -0.399 e. The van der Waals surface area contributed by atoms with Crippen molar-refractivity contribution >= 4 is 14.5 Å². The number of benzene rings is 1. The van der Waals surface area contributed by atoms with Gasteiger partial charge in [-0.05, 0) is 31.0 Å². The van der Waals surface area contributed by atoms with Crippen LogP contribution in [0.5, 0.6) is 0 Å². The van der Waals surface area contributed by atoms with Gasteiger partial charge in [0, 0.05) is 33.1 Å². The predicted octanol–water partition coefficient (Wildman–Crippen LogP) is 2.77. The summed E-state index contributed by atoms with van der Waals surface area (Å²) in [6.07, 6.45) is 0. The number of anilines is 1. The Bertz CT molecular complexity index is 316. The Hall–Kier alpha value is -0.883. The lowest BCUT2D eigenvalue weighted by molar-refractivity contribution is 0.125. The molecule has 0 heterocycles. The maximum Gasteiger partial charge on any atom is 0.499 e. The van der Waals surface area contributed by atoms with Gasteiger partial charge in [-0.15, -0.1) is 0 Å². The number of hydrogen-bond acceptors (Lipinski definition) is 4. The van der Waals surface area contributed by atoms with Crippen molar-refractivity contribution in [2.75, 3.05) is 27.1 Å². The smallest absolute Gasteiger partial charge is 0.399 e. The van der Waals surface area contributed by atoms with E-state index in [1.54, 1.807) is 21.3 Å². The molecule has 0 aliphatic heterocycles. The Morgan fingerprint density at radius 1 is 1.06 bits per heavy atom. The molecule has 1 aromatic carbocycles. The number of rotatable bonds is 4. The maximum absolute atomic E-state index is 5.62. The van der Waals surface area contributed by atoms with Crippen molar-refractivity contribution in [1.82, 2.24) is 0 Å². The Morgan fingerprint density at radius 2 is 1.56 bits per heavy atom. The monoisotopic (exact) mass is 271 g/mol. The molecule has 0 saturated heterocycles. The molecule has 0 unspecified atom stereocenters. The van der Waals surface area contributed by atoms with Gasteiger partial charge in [-0.25, -0.2) is 0 Å². The molecule has 2 N–H and O–H groups in total. The van der Waals surface area contributed by atoms with E-state index >= 15 is 0 Å². The lowest BCUT2D eigenvalue weighted by atomic mass is 10.1. The molecule has 0 radical (unpaired) electrons. The lowest BCUT2D eigenvalue weighted by Gasteiger charge is -2.22. The Balaban J connectivity index is 0.000000321. The van der Waals surface area contributed by atoms with Crippen LogP contribution < -0.4 is 5.73 Å². The summed E-state index contributed by atoms with van der Waals surface area (Å²) in [5.74, 6) is 0. The predicted molar refractivity (Wildman–Crippen MR) is 77.6 cm³/mol. The van der Waals surface area contributed by atoms with Gasteiger partial charge in [0.2, 0.25) is 0 Å². The molecule has 0 amide bonds. The molecule has 104 valence electrons. The van der Waals surface area contributed by atoms with Crippen LogP contribution in [0.3, 0.4) is 0 Å². The molecule has 18 heavy (non-hydrogen) atoms. The van der Waals surface area contributed by atoms with E-state index in [4.69, 9.17) is 19.0 Å². The highest BCUT2D eigenvalue weighted by Gasteiger charge is 2.34. The largest absolute Gasteiger partial charge is 0.499 e. The van der Waals surface area contributed by atoms with Gasteiger partial charge in [0.25, 0.3) is 0 Å². The molecule has 4 nitrogen and oxygen atoms in total. The normalized spacial score (nSPS) is 10.8.